The second kappa shape index (κ2) is 15.3. The zero-order chi connectivity index (χ0) is 33.2. The smallest absolute Gasteiger partial charge is 0.310 e. The molecule has 12 nitrogen and oxygen atoms in total. The normalized spacial score (nSPS) is 38.9. The number of carbonyl (C=O) groups excluding carboxylic acids is 4. The van der Waals surface area contributed by atoms with Crippen molar-refractivity contribution in [3.05, 3.63) is 0 Å². The fourth-order valence-electron chi connectivity index (χ4n) is 8.62. The number of hydrogen-bond donors (Lipinski definition) is 1. The fraction of sp³-hybridized carbons (Fsp3) is 0.889. The van der Waals surface area contributed by atoms with Gasteiger partial charge in [-0.05, 0) is 101 Å². The molecule has 7 aliphatic rings. The largest absolute Gasteiger partial charge is 0.465 e. The quantitative estimate of drug-likeness (QED) is 0.153. The van der Waals surface area contributed by atoms with Gasteiger partial charge < -0.3 is 38.3 Å². The number of aliphatic hydroxyl groups excluding tert-OH is 1. The maximum absolute atomic E-state index is 13.8. The molecule has 4 aliphatic carbocycles. The summed E-state index contributed by atoms with van der Waals surface area (Å²) < 4.78 is 39.7. The predicted molar refractivity (Wildman–Crippen MR) is 166 cm³/mol. The predicted octanol–water partition coefficient (Wildman–Crippen LogP) is 3.43. The van der Waals surface area contributed by atoms with Crippen molar-refractivity contribution < 1.29 is 57.4 Å². The van der Waals surface area contributed by atoms with Gasteiger partial charge in [0.15, 0.2) is 0 Å². The Labute approximate surface area is 282 Å². The van der Waals surface area contributed by atoms with Gasteiger partial charge in [-0.3, -0.25) is 19.2 Å². The molecule has 0 spiro atoms. The third kappa shape index (κ3) is 9.28. The lowest BCUT2D eigenvalue weighted by Gasteiger charge is -2.28. The molecule has 48 heavy (non-hydrogen) atoms. The van der Waals surface area contributed by atoms with E-state index in [1.54, 1.807) is 0 Å². The Kier molecular flexibility index (Phi) is 10.9. The number of esters is 4. The van der Waals surface area contributed by atoms with E-state index in [4.69, 9.17) is 33.2 Å². The van der Waals surface area contributed by atoms with E-state index in [2.05, 4.69) is 0 Å². The van der Waals surface area contributed by atoms with Gasteiger partial charge in [-0.15, -0.1) is 0 Å². The highest BCUT2D eigenvalue weighted by Gasteiger charge is 2.47. The maximum atomic E-state index is 13.8. The highest BCUT2D eigenvalue weighted by Crippen LogP contribution is 2.41. The standard InChI is InChI=1S/C36H52O12/c37-24-3-1-2-20(10-24)18-44-35(40)25(14-33(38)42-16-21-4-7-27-30(11-21)46-27)26(36(41)45-19-23-6-9-29-32(13-23)48-29)15-34(39)43-17-22-5-8-28-31(12-22)47-28/h20-32,37H,1-19H2. The van der Waals surface area contributed by atoms with Gasteiger partial charge in [0.1, 0.15) is 0 Å². The van der Waals surface area contributed by atoms with Gasteiger partial charge in [0.05, 0.1) is 93.8 Å². The molecule has 0 aromatic rings. The van der Waals surface area contributed by atoms with Crippen LogP contribution in [-0.4, -0.2) is 98.1 Å². The van der Waals surface area contributed by atoms with Gasteiger partial charge in [-0.2, -0.15) is 0 Å². The van der Waals surface area contributed by atoms with Crippen LogP contribution in [0.3, 0.4) is 0 Å². The molecule has 0 aromatic carbocycles. The molecule has 3 aliphatic heterocycles. The molecular weight excluding hydrogens is 624 g/mol. The zero-order valence-electron chi connectivity index (χ0n) is 27.9. The minimum absolute atomic E-state index is 0.0225. The molecule has 4 saturated carbocycles. The summed E-state index contributed by atoms with van der Waals surface area (Å²) in [6.07, 6.45) is 11.2. The van der Waals surface area contributed by atoms with Gasteiger partial charge in [0.2, 0.25) is 0 Å². The number of epoxide rings is 3. The number of hydrogen-bond acceptors (Lipinski definition) is 12. The van der Waals surface area contributed by atoms with Gasteiger partial charge in [-0.25, -0.2) is 0 Å². The average molecular weight is 677 g/mol. The number of carbonyl (C=O) groups is 4. The van der Waals surface area contributed by atoms with Crippen LogP contribution in [0.25, 0.3) is 0 Å². The summed E-state index contributed by atoms with van der Waals surface area (Å²) in [6.45, 7) is 0.642. The van der Waals surface area contributed by atoms with Crippen LogP contribution in [0, 0.1) is 35.5 Å². The van der Waals surface area contributed by atoms with Crippen molar-refractivity contribution in [2.24, 2.45) is 35.5 Å². The first kappa shape index (κ1) is 34.2. The van der Waals surface area contributed by atoms with E-state index in [1.165, 1.54) is 0 Å². The number of aliphatic hydroxyl groups is 1. The minimum atomic E-state index is -1.29. The lowest BCUT2D eigenvalue weighted by Crippen LogP contribution is -2.38. The molecular formula is C36H52O12. The fourth-order valence-corrected chi connectivity index (χ4v) is 8.62. The number of ether oxygens (including phenoxy) is 7. The van der Waals surface area contributed by atoms with Crippen molar-refractivity contribution in [3.8, 4) is 0 Å². The van der Waals surface area contributed by atoms with Crippen LogP contribution in [0.15, 0.2) is 0 Å². The summed E-state index contributed by atoms with van der Waals surface area (Å²) >= 11 is 0. The molecule has 1 N–H and O–H groups in total. The molecule has 0 bridgehead atoms. The van der Waals surface area contributed by atoms with Crippen LogP contribution in [0.1, 0.15) is 96.3 Å². The molecule has 3 heterocycles. The van der Waals surface area contributed by atoms with E-state index in [0.717, 1.165) is 70.6 Å². The van der Waals surface area contributed by atoms with E-state index in [1.807, 2.05) is 0 Å². The summed E-state index contributed by atoms with van der Waals surface area (Å²) in [4.78, 5) is 54.2. The molecule has 3 saturated heterocycles. The van der Waals surface area contributed by atoms with Crippen LogP contribution in [-0.2, 0) is 52.3 Å². The van der Waals surface area contributed by atoms with Gasteiger partial charge in [0, 0.05) is 0 Å². The van der Waals surface area contributed by atoms with Crippen molar-refractivity contribution in [3.63, 3.8) is 0 Å². The van der Waals surface area contributed by atoms with Gasteiger partial charge in [-0.1, -0.05) is 6.42 Å². The summed E-state index contributed by atoms with van der Waals surface area (Å²) in [5.74, 6) is -4.80. The molecule has 0 amide bonds. The molecule has 0 aromatic heterocycles. The number of fused-ring (bicyclic) bond motifs is 3. The van der Waals surface area contributed by atoms with Gasteiger partial charge >= 0.3 is 23.9 Å². The van der Waals surface area contributed by atoms with E-state index < -0.39 is 54.7 Å². The second-order valence-electron chi connectivity index (χ2n) is 15.6. The summed E-state index contributed by atoms with van der Waals surface area (Å²) in [5, 5.41) is 10.1. The highest BCUT2D eigenvalue weighted by molar-refractivity contribution is 5.88. The third-order valence-electron chi connectivity index (χ3n) is 11.8. The summed E-state index contributed by atoms with van der Waals surface area (Å²) in [5.41, 5.74) is 0. The number of rotatable bonds is 15. The van der Waals surface area contributed by atoms with E-state index >= 15 is 0 Å². The Bertz CT molecular complexity index is 1110. The lowest BCUT2D eigenvalue weighted by atomic mass is 9.85. The first-order chi connectivity index (χ1) is 23.3. The van der Waals surface area contributed by atoms with E-state index in [9.17, 15) is 24.3 Å². The van der Waals surface area contributed by atoms with Crippen LogP contribution >= 0.6 is 0 Å². The topological polar surface area (TPSA) is 163 Å². The minimum Gasteiger partial charge on any atom is -0.465 e. The SMILES string of the molecule is O=C(CC(C(=O)OCC1CCCC(O)C1)C(CC(=O)OCC1CCC2OC2C1)C(=O)OCC1CCC2OC2C1)OCC1CCC2OC2C1. The van der Waals surface area contributed by atoms with Crippen molar-refractivity contribution in [1.29, 1.82) is 0 Å². The third-order valence-corrected chi connectivity index (χ3v) is 11.8. The Morgan fingerprint density at radius 1 is 0.500 bits per heavy atom. The Balaban J connectivity index is 1.01. The van der Waals surface area contributed by atoms with Crippen LogP contribution in [0.4, 0.5) is 0 Å². The summed E-state index contributed by atoms with van der Waals surface area (Å²) in [6, 6.07) is 0. The molecule has 268 valence electrons. The Hall–Kier alpha value is -2.28. The molecule has 7 rings (SSSR count). The average Bonchev–Trinajstić information content (AvgIpc) is 3.98. The molecule has 0 radical (unpaired) electrons. The monoisotopic (exact) mass is 676 g/mol. The lowest BCUT2D eigenvalue weighted by molar-refractivity contribution is -0.169. The van der Waals surface area contributed by atoms with Crippen LogP contribution in [0.5, 0.6) is 0 Å². The van der Waals surface area contributed by atoms with E-state index in [0.29, 0.717) is 31.2 Å². The summed E-state index contributed by atoms with van der Waals surface area (Å²) in [7, 11) is 0. The van der Waals surface area contributed by atoms with Crippen LogP contribution < -0.4 is 0 Å². The van der Waals surface area contributed by atoms with Crippen LogP contribution in [0.2, 0.25) is 0 Å². The first-order valence-electron chi connectivity index (χ1n) is 18.6. The van der Waals surface area contributed by atoms with Crippen molar-refractivity contribution in [1.82, 2.24) is 0 Å². The van der Waals surface area contributed by atoms with Crippen molar-refractivity contribution in [2.75, 3.05) is 26.4 Å². The molecule has 13 unspecified atom stereocenters. The molecule has 7 fully saturated rings. The zero-order valence-corrected chi connectivity index (χ0v) is 27.9. The Morgan fingerprint density at radius 3 is 1.29 bits per heavy atom. The van der Waals surface area contributed by atoms with Crippen molar-refractivity contribution >= 4 is 23.9 Å². The van der Waals surface area contributed by atoms with Gasteiger partial charge in [0.25, 0.3) is 0 Å². The molecule has 13 atom stereocenters. The first-order valence-corrected chi connectivity index (χ1v) is 18.6. The van der Waals surface area contributed by atoms with Crippen molar-refractivity contribution in [2.45, 2.75) is 139 Å². The van der Waals surface area contributed by atoms with E-state index in [-0.39, 0.29) is 68.4 Å². The highest BCUT2D eigenvalue weighted by atomic mass is 16.6. The second-order valence-corrected chi connectivity index (χ2v) is 15.6. The maximum Gasteiger partial charge on any atom is 0.310 e. The molecule has 12 heteroatoms. The Morgan fingerprint density at radius 2 is 0.896 bits per heavy atom.